The molecule has 2 atom stereocenters. The Kier molecular flexibility index (Phi) is 4.60. The van der Waals surface area contributed by atoms with Crippen LogP contribution in [0.3, 0.4) is 0 Å². The van der Waals surface area contributed by atoms with Crippen molar-refractivity contribution in [3.8, 4) is 11.1 Å². The van der Waals surface area contributed by atoms with Gasteiger partial charge in [-0.2, -0.15) is 5.10 Å². The molecule has 1 saturated carbocycles. The number of hydrogen-bond acceptors (Lipinski definition) is 4. The van der Waals surface area contributed by atoms with E-state index in [1.807, 2.05) is 23.8 Å². The zero-order valence-corrected chi connectivity index (χ0v) is 17.2. The summed E-state index contributed by atoms with van der Waals surface area (Å²) in [7, 11) is 0. The van der Waals surface area contributed by atoms with Crippen LogP contribution in [-0.4, -0.2) is 24.4 Å². The largest absolute Gasteiger partial charge is 0.310 e. The summed E-state index contributed by atoms with van der Waals surface area (Å²) in [6.45, 7) is 4.23. The highest BCUT2D eigenvalue weighted by molar-refractivity contribution is 5.84. The molecule has 0 radical (unpaired) electrons. The van der Waals surface area contributed by atoms with Gasteiger partial charge in [0.05, 0.1) is 11.3 Å². The van der Waals surface area contributed by atoms with E-state index in [0.717, 1.165) is 36.1 Å². The van der Waals surface area contributed by atoms with Gasteiger partial charge < -0.3 is 4.57 Å². The van der Waals surface area contributed by atoms with Gasteiger partial charge in [0.25, 0.3) is 5.56 Å². The van der Waals surface area contributed by atoms with Gasteiger partial charge >= 0.3 is 0 Å². The standard InChI is InChI=1S/C23H24FN5O/c1-3-17-20(15-8-10-16(24)11-9-15)22-26-25-21-19(29(22)27-17)12-13-28(23(21)30)18-7-5-4-6-14(18)2/h8-14,18H,3-7H2,1-2H3/t14-,18+/m0/s1. The molecule has 1 aliphatic carbocycles. The number of fused-ring (bicyclic) bond motifs is 3. The maximum Gasteiger partial charge on any atom is 0.280 e. The van der Waals surface area contributed by atoms with Crippen molar-refractivity contribution in [3.05, 3.63) is 58.4 Å². The van der Waals surface area contributed by atoms with Gasteiger partial charge in [-0.05, 0) is 48.9 Å². The average Bonchev–Trinajstić information content (AvgIpc) is 3.14. The van der Waals surface area contributed by atoms with Crippen LogP contribution >= 0.6 is 0 Å². The van der Waals surface area contributed by atoms with E-state index < -0.39 is 0 Å². The second kappa shape index (κ2) is 7.31. The Balaban J connectivity index is 1.72. The van der Waals surface area contributed by atoms with Crippen molar-refractivity contribution in [1.29, 1.82) is 0 Å². The van der Waals surface area contributed by atoms with E-state index in [4.69, 9.17) is 5.10 Å². The van der Waals surface area contributed by atoms with Crippen LogP contribution in [0.15, 0.2) is 41.3 Å². The summed E-state index contributed by atoms with van der Waals surface area (Å²) in [5.74, 6) is 0.175. The molecule has 0 saturated heterocycles. The van der Waals surface area contributed by atoms with Crippen molar-refractivity contribution in [2.24, 2.45) is 5.92 Å². The van der Waals surface area contributed by atoms with Gasteiger partial charge in [0, 0.05) is 12.2 Å². The quantitative estimate of drug-likeness (QED) is 0.501. The zero-order chi connectivity index (χ0) is 20.8. The monoisotopic (exact) mass is 405 g/mol. The summed E-state index contributed by atoms with van der Waals surface area (Å²) in [5, 5.41) is 13.4. The van der Waals surface area contributed by atoms with Crippen LogP contribution in [0.2, 0.25) is 0 Å². The van der Waals surface area contributed by atoms with E-state index >= 15 is 0 Å². The third-order valence-corrected chi connectivity index (χ3v) is 6.37. The molecule has 4 aromatic rings. The Morgan fingerprint density at radius 3 is 2.60 bits per heavy atom. The Bertz CT molecular complexity index is 1290. The number of halogens is 1. The van der Waals surface area contributed by atoms with Gasteiger partial charge in [0.15, 0.2) is 11.2 Å². The molecule has 1 aromatic carbocycles. The number of rotatable bonds is 3. The predicted octanol–water partition coefficient (Wildman–Crippen LogP) is 4.56. The van der Waals surface area contributed by atoms with Gasteiger partial charge in [-0.1, -0.05) is 38.8 Å². The van der Waals surface area contributed by atoms with Gasteiger partial charge in [0.2, 0.25) is 0 Å². The van der Waals surface area contributed by atoms with E-state index in [-0.39, 0.29) is 17.4 Å². The Morgan fingerprint density at radius 2 is 1.87 bits per heavy atom. The molecule has 5 rings (SSSR count). The SMILES string of the molecule is CCc1nn2c(nnc3c(=O)n([C@@H]4CCCC[C@@H]4C)ccc32)c1-c1ccc(F)cc1. The fourth-order valence-electron chi connectivity index (χ4n) is 4.74. The van der Waals surface area contributed by atoms with Crippen molar-refractivity contribution in [1.82, 2.24) is 24.4 Å². The van der Waals surface area contributed by atoms with E-state index in [1.165, 1.54) is 18.6 Å². The maximum atomic E-state index is 13.4. The van der Waals surface area contributed by atoms with Crippen molar-refractivity contribution in [2.45, 2.75) is 52.0 Å². The second-order valence-corrected chi connectivity index (χ2v) is 8.21. The lowest BCUT2D eigenvalue weighted by atomic mass is 9.85. The molecular formula is C23H24FN5O. The number of nitrogens with zero attached hydrogens (tertiary/aromatic N) is 5. The lowest BCUT2D eigenvalue weighted by Gasteiger charge is -2.30. The summed E-state index contributed by atoms with van der Waals surface area (Å²) >= 11 is 0. The van der Waals surface area contributed by atoms with Crippen LogP contribution in [0, 0.1) is 11.7 Å². The number of aromatic nitrogens is 5. The van der Waals surface area contributed by atoms with Gasteiger partial charge in [-0.25, -0.2) is 8.91 Å². The minimum atomic E-state index is -0.290. The highest BCUT2D eigenvalue weighted by Gasteiger charge is 2.25. The molecule has 1 fully saturated rings. The summed E-state index contributed by atoms with van der Waals surface area (Å²) in [4.78, 5) is 13.3. The third-order valence-electron chi connectivity index (χ3n) is 6.37. The molecule has 30 heavy (non-hydrogen) atoms. The molecule has 0 N–H and O–H groups in total. The number of benzene rings is 1. The summed E-state index contributed by atoms with van der Waals surface area (Å²) in [6, 6.07) is 8.42. The normalized spacial score (nSPS) is 19.6. The van der Waals surface area contributed by atoms with Gasteiger partial charge in [-0.15, -0.1) is 10.2 Å². The molecule has 1 aliphatic rings. The zero-order valence-electron chi connectivity index (χ0n) is 17.2. The molecular weight excluding hydrogens is 381 g/mol. The molecule has 0 amide bonds. The molecule has 0 bridgehead atoms. The number of pyridine rings is 1. The molecule has 3 heterocycles. The van der Waals surface area contributed by atoms with E-state index in [1.54, 1.807) is 16.6 Å². The van der Waals surface area contributed by atoms with Crippen LogP contribution in [0.5, 0.6) is 0 Å². The number of hydrogen-bond donors (Lipinski definition) is 0. The minimum Gasteiger partial charge on any atom is -0.310 e. The van der Waals surface area contributed by atoms with Crippen molar-refractivity contribution >= 4 is 16.7 Å². The first-order valence-corrected chi connectivity index (χ1v) is 10.6. The van der Waals surface area contributed by atoms with Crippen molar-refractivity contribution in [3.63, 3.8) is 0 Å². The van der Waals surface area contributed by atoms with Crippen molar-refractivity contribution in [2.75, 3.05) is 0 Å². The fraction of sp³-hybridized carbons (Fsp3) is 0.391. The van der Waals surface area contributed by atoms with Gasteiger partial charge in [-0.3, -0.25) is 4.79 Å². The summed E-state index contributed by atoms with van der Waals surface area (Å²) in [5.41, 5.74) is 3.95. The second-order valence-electron chi connectivity index (χ2n) is 8.21. The first-order chi connectivity index (χ1) is 14.6. The van der Waals surface area contributed by atoms with E-state index in [0.29, 0.717) is 29.0 Å². The highest BCUT2D eigenvalue weighted by Crippen LogP contribution is 2.33. The average molecular weight is 405 g/mol. The van der Waals surface area contributed by atoms with Crippen LogP contribution in [0.4, 0.5) is 4.39 Å². The molecule has 6 nitrogen and oxygen atoms in total. The van der Waals surface area contributed by atoms with E-state index in [2.05, 4.69) is 17.1 Å². The lowest BCUT2D eigenvalue weighted by Crippen LogP contribution is -2.31. The Hall–Kier alpha value is -3.09. The van der Waals surface area contributed by atoms with Crippen LogP contribution in [0.1, 0.15) is 51.3 Å². The first kappa shape index (κ1) is 18.9. The Morgan fingerprint density at radius 1 is 1.10 bits per heavy atom. The summed E-state index contributed by atoms with van der Waals surface area (Å²) < 4.78 is 16.9. The topological polar surface area (TPSA) is 65.1 Å². The van der Waals surface area contributed by atoms with Crippen LogP contribution < -0.4 is 5.56 Å². The van der Waals surface area contributed by atoms with Crippen molar-refractivity contribution < 1.29 is 4.39 Å². The predicted molar refractivity (Wildman–Crippen MR) is 114 cm³/mol. The smallest absolute Gasteiger partial charge is 0.280 e. The van der Waals surface area contributed by atoms with Crippen LogP contribution in [-0.2, 0) is 6.42 Å². The third kappa shape index (κ3) is 2.91. The maximum absolute atomic E-state index is 13.4. The Labute approximate surface area is 173 Å². The fourth-order valence-corrected chi connectivity index (χ4v) is 4.74. The molecule has 0 spiro atoms. The highest BCUT2D eigenvalue weighted by atomic mass is 19.1. The molecule has 0 aliphatic heterocycles. The van der Waals surface area contributed by atoms with Crippen LogP contribution in [0.25, 0.3) is 27.8 Å². The minimum absolute atomic E-state index is 0.113. The molecule has 3 aromatic heterocycles. The number of aryl methyl sites for hydroxylation is 1. The first-order valence-electron chi connectivity index (χ1n) is 10.6. The summed E-state index contributed by atoms with van der Waals surface area (Å²) in [6.07, 6.45) is 7.08. The van der Waals surface area contributed by atoms with E-state index in [9.17, 15) is 9.18 Å². The molecule has 7 heteroatoms. The van der Waals surface area contributed by atoms with Gasteiger partial charge in [0.1, 0.15) is 11.3 Å². The molecule has 154 valence electrons. The lowest BCUT2D eigenvalue weighted by molar-refractivity contribution is 0.253. The molecule has 0 unspecified atom stereocenters.